The summed E-state index contributed by atoms with van der Waals surface area (Å²) in [5, 5.41) is 0.673. The molecule has 23 heavy (non-hydrogen) atoms. The van der Waals surface area contributed by atoms with Crippen LogP contribution in [0.15, 0.2) is 48.5 Å². The van der Waals surface area contributed by atoms with Gasteiger partial charge in [-0.1, -0.05) is 29.8 Å². The summed E-state index contributed by atoms with van der Waals surface area (Å²) in [6.07, 6.45) is 5.25. The van der Waals surface area contributed by atoms with E-state index in [0.29, 0.717) is 35.3 Å². The molecule has 0 bridgehead atoms. The molecule has 0 aliphatic carbocycles. The van der Waals surface area contributed by atoms with Crippen LogP contribution in [-0.2, 0) is 0 Å². The molecule has 0 unspecified atom stereocenters. The Labute approximate surface area is 140 Å². The molecular formula is C19H17ClO3. The maximum atomic E-state index is 12.3. The van der Waals surface area contributed by atoms with Crippen molar-refractivity contribution < 1.29 is 14.3 Å². The monoisotopic (exact) mass is 328 g/mol. The third-order valence-electron chi connectivity index (χ3n) is 3.58. The molecule has 1 heterocycles. The number of hydrogen-bond donors (Lipinski definition) is 0. The first kappa shape index (κ1) is 15.6. The van der Waals surface area contributed by atoms with Crippen LogP contribution in [0.5, 0.6) is 11.5 Å². The van der Waals surface area contributed by atoms with Crippen LogP contribution in [0.2, 0.25) is 5.02 Å². The fraction of sp³-hybridized carbons (Fsp3) is 0.211. The Hall–Kier alpha value is -2.26. The van der Waals surface area contributed by atoms with E-state index in [1.165, 1.54) is 0 Å². The fourth-order valence-electron chi connectivity index (χ4n) is 2.30. The summed E-state index contributed by atoms with van der Waals surface area (Å²) in [5.41, 5.74) is 1.51. The number of allylic oxidation sites excluding steroid dienone is 1. The molecule has 0 spiro atoms. The van der Waals surface area contributed by atoms with Gasteiger partial charge in [0.2, 0.25) is 0 Å². The molecule has 3 rings (SSSR count). The minimum Gasteiger partial charge on any atom is -0.490 e. The molecule has 118 valence electrons. The first-order valence-electron chi connectivity index (χ1n) is 7.60. The van der Waals surface area contributed by atoms with Gasteiger partial charge in [-0.25, -0.2) is 0 Å². The van der Waals surface area contributed by atoms with Crippen LogP contribution in [0, 0.1) is 0 Å². The van der Waals surface area contributed by atoms with Crippen LogP contribution in [0.3, 0.4) is 0 Å². The van der Waals surface area contributed by atoms with E-state index in [1.54, 1.807) is 42.5 Å². The number of carbonyl (C=O) groups is 1. The van der Waals surface area contributed by atoms with Crippen LogP contribution < -0.4 is 9.47 Å². The predicted molar refractivity (Wildman–Crippen MR) is 91.5 cm³/mol. The van der Waals surface area contributed by atoms with E-state index in [-0.39, 0.29) is 5.78 Å². The molecule has 3 nitrogen and oxygen atoms in total. The quantitative estimate of drug-likeness (QED) is 0.600. The van der Waals surface area contributed by atoms with E-state index >= 15 is 0 Å². The molecule has 0 fully saturated rings. The van der Waals surface area contributed by atoms with Gasteiger partial charge >= 0.3 is 0 Å². The van der Waals surface area contributed by atoms with Gasteiger partial charge in [0.15, 0.2) is 17.3 Å². The summed E-state index contributed by atoms with van der Waals surface area (Å²) < 4.78 is 11.3. The molecule has 0 N–H and O–H groups in total. The van der Waals surface area contributed by atoms with Crippen molar-refractivity contribution in [2.45, 2.75) is 12.8 Å². The van der Waals surface area contributed by atoms with Gasteiger partial charge in [0.25, 0.3) is 0 Å². The van der Waals surface area contributed by atoms with Crippen molar-refractivity contribution in [2.75, 3.05) is 13.2 Å². The summed E-state index contributed by atoms with van der Waals surface area (Å²) in [5.74, 6) is 1.26. The van der Waals surface area contributed by atoms with Crippen LogP contribution in [0.4, 0.5) is 0 Å². The smallest absolute Gasteiger partial charge is 0.185 e. The van der Waals surface area contributed by atoms with Crippen LogP contribution in [0.25, 0.3) is 6.08 Å². The van der Waals surface area contributed by atoms with Crippen molar-refractivity contribution in [2.24, 2.45) is 0 Å². The Morgan fingerprint density at radius 1 is 0.957 bits per heavy atom. The summed E-state index contributed by atoms with van der Waals surface area (Å²) in [6.45, 7) is 1.33. The molecule has 2 aromatic carbocycles. The molecule has 0 radical (unpaired) electrons. The maximum Gasteiger partial charge on any atom is 0.185 e. The van der Waals surface area contributed by atoms with Gasteiger partial charge in [0.05, 0.1) is 13.2 Å². The second-order valence-electron chi connectivity index (χ2n) is 5.31. The lowest BCUT2D eigenvalue weighted by Crippen LogP contribution is -2.09. The lowest BCUT2D eigenvalue weighted by molar-refractivity contribution is 0.104. The molecule has 0 amide bonds. The van der Waals surface area contributed by atoms with Crippen molar-refractivity contribution >= 4 is 23.5 Å². The minimum atomic E-state index is -0.0755. The SMILES string of the molecule is O=C(C=Cc1ccc(Cl)cc1)c1ccc2c(c1)OCCCCO2. The van der Waals surface area contributed by atoms with E-state index in [1.807, 2.05) is 12.1 Å². The number of hydrogen-bond acceptors (Lipinski definition) is 3. The van der Waals surface area contributed by atoms with Crippen LogP contribution in [-0.4, -0.2) is 19.0 Å². The summed E-state index contributed by atoms with van der Waals surface area (Å²) in [4.78, 5) is 12.3. The van der Waals surface area contributed by atoms with E-state index in [0.717, 1.165) is 18.4 Å². The van der Waals surface area contributed by atoms with Gasteiger partial charge in [-0.2, -0.15) is 0 Å². The zero-order valence-corrected chi connectivity index (χ0v) is 13.4. The molecule has 0 saturated carbocycles. The van der Waals surface area contributed by atoms with Crippen molar-refractivity contribution in [3.63, 3.8) is 0 Å². The average molecular weight is 329 g/mol. The highest BCUT2D eigenvalue weighted by atomic mass is 35.5. The Balaban J connectivity index is 1.76. The zero-order chi connectivity index (χ0) is 16.1. The third kappa shape index (κ3) is 4.14. The second kappa shape index (κ2) is 7.34. The van der Waals surface area contributed by atoms with Gasteiger partial charge in [0, 0.05) is 10.6 Å². The highest BCUT2D eigenvalue weighted by molar-refractivity contribution is 6.30. The third-order valence-corrected chi connectivity index (χ3v) is 3.83. The van der Waals surface area contributed by atoms with E-state index in [4.69, 9.17) is 21.1 Å². The number of halogens is 1. The van der Waals surface area contributed by atoms with Gasteiger partial charge in [-0.15, -0.1) is 0 Å². The highest BCUT2D eigenvalue weighted by Crippen LogP contribution is 2.30. The summed E-state index contributed by atoms with van der Waals surface area (Å²) >= 11 is 5.85. The fourth-order valence-corrected chi connectivity index (χ4v) is 2.43. The van der Waals surface area contributed by atoms with Crippen molar-refractivity contribution in [3.8, 4) is 11.5 Å². The molecular weight excluding hydrogens is 312 g/mol. The zero-order valence-electron chi connectivity index (χ0n) is 12.6. The largest absolute Gasteiger partial charge is 0.490 e. The number of carbonyl (C=O) groups excluding carboxylic acids is 1. The van der Waals surface area contributed by atoms with Gasteiger partial charge in [-0.3, -0.25) is 4.79 Å². The second-order valence-corrected chi connectivity index (χ2v) is 5.75. The van der Waals surface area contributed by atoms with E-state index < -0.39 is 0 Å². The molecule has 2 aromatic rings. The Morgan fingerprint density at radius 2 is 1.65 bits per heavy atom. The maximum absolute atomic E-state index is 12.3. The standard InChI is InChI=1S/C19H17ClO3/c20-16-7-3-14(4-8-16)5-9-17(21)15-6-10-18-19(13-15)23-12-2-1-11-22-18/h3-10,13H,1-2,11-12H2. The van der Waals surface area contributed by atoms with Crippen molar-refractivity contribution in [3.05, 3.63) is 64.7 Å². The number of ether oxygens (including phenoxy) is 2. The first-order valence-corrected chi connectivity index (χ1v) is 7.98. The lowest BCUT2D eigenvalue weighted by atomic mass is 10.1. The predicted octanol–water partition coefficient (Wildman–Crippen LogP) is 4.79. The lowest BCUT2D eigenvalue weighted by Gasteiger charge is -2.16. The normalized spacial score (nSPS) is 14.3. The molecule has 1 aliphatic heterocycles. The topological polar surface area (TPSA) is 35.5 Å². The van der Waals surface area contributed by atoms with Crippen LogP contribution in [0.1, 0.15) is 28.8 Å². The molecule has 4 heteroatoms. The average Bonchev–Trinajstić information content (AvgIpc) is 2.54. The highest BCUT2D eigenvalue weighted by Gasteiger charge is 2.12. The molecule has 1 aliphatic rings. The van der Waals surface area contributed by atoms with Gasteiger partial charge in [-0.05, 0) is 54.8 Å². The van der Waals surface area contributed by atoms with Gasteiger partial charge in [0.1, 0.15) is 0 Å². The number of fused-ring (bicyclic) bond motifs is 1. The van der Waals surface area contributed by atoms with Crippen molar-refractivity contribution in [1.82, 2.24) is 0 Å². The van der Waals surface area contributed by atoms with E-state index in [9.17, 15) is 4.79 Å². The molecule has 0 atom stereocenters. The van der Waals surface area contributed by atoms with Crippen molar-refractivity contribution in [1.29, 1.82) is 0 Å². The summed E-state index contributed by atoms with van der Waals surface area (Å²) in [6, 6.07) is 12.6. The first-order chi connectivity index (χ1) is 11.2. The Morgan fingerprint density at radius 3 is 2.39 bits per heavy atom. The van der Waals surface area contributed by atoms with Gasteiger partial charge < -0.3 is 9.47 Å². The number of rotatable bonds is 3. The van der Waals surface area contributed by atoms with E-state index in [2.05, 4.69) is 0 Å². The van der Waals surface area contributed by atoms with Crippen LogP contribution >= 0.6 is 11.6 Å². The molecule has 0 aromatic heterocycles. The Kier molecular flexibility index (Phi) is 4.99. The number of benzene rings is 2. The molecule has 0 saturated heterocycles. The number of ketones is 1. The minimum absolute atomic E-state index is 0.0755. The Bertz CT molecular complexity index is 720. The summed E-state index contributed by atoms with van der Waals surface area (Å²) in [7, 11) is 0.